The molecule has 2 N–H and O–H groups in total. The van der Waals surface area contributed by atoms with Crippen molar-refractivity contribution in [2.45, 2.75) is 25.2 Å². The Balaban J connectivity index is 2.36. The molecule has 9 heteroatoms. The van der Waals surface area contributed by atoms with Gasteiger partial charge < -0.3 is 14.9 Å². The standard InChI is InChI=1S/C16H12F6O3/c17-11-4-9(5-12(6-11)25-16(21,22)15(19)20)14(24)8-1-2-13(18)10(3-8)7-23/h1-6,14-15,23-24H,7H2. The maximum absolute atomic E-state index is 13.6. The predicted octanol–water partition coefficient (Wildman–Crippen LogP) is 3.78. The number of halogens is 6. The second-order valence-corrected chi connectivity index (χ2v) is 5.10. The quantitative estimate of drug-likeness (QED) is 0.765. The van der Waals surface area contributed by atoms with Crippen LogP contribution in [0.4, 0.5) is 26.3 Å². The van der Waals surface area contributed by atoms with Crippen LogP contribution in [0.2, 0.25) is 0 Å². The third-order valence-corrected chi connectivity index (χ3v) is 3.27. The molecule has 2 rings (SSSR count). The Kier molecular flexibility index (Phi) is 5.58. The lowest BCUT2D eigenvalue weighted by atomic mass is 9.99. The summed E-state index contributed by atoms with van der Waals surface area (Å²) in [6, 6.07) is 5.17. The van der Waals surface area contributed by atoms with Crippen molar-refractivity contribution >= 4 is 0 Å². The lowest BCUT2D eigenvalue weighted by molar-refractivity contribution is -0.253. The van der Waals surface area contributed by atoms with E-state index in [1.54, 1.807) is 0 Å². The zero-order valence-electron chi connectivity index (χ0n) is 12.4. The SMILES string of the molecule is OCc1cc(C(O)c2cc(F)cc(OC(F)(F)C(F)F)c2)ccc1F. The van der Waals surface area contributed by atoms with Crippen molar-refractivity contribution in [3.63, 3.8) is 0 Å². The molecule has 2 aromatic rings. The average molecular weight is 366 g/mol. The molecule has 0 aliphatic heterocycles. The second-order valence-electron chi connectivity index (χ2n) is 5.10. The number of aliphatic hydroxyl groups excluding tert-OH is 2. The molecule has 0 spiro atoms. The topological polar surface area (TPSA) is 49.7 Å². The van der Waals surface area contributed by atoms with Gasteiger partial charge in [0.05, 0.1) is 6.61 Å². The number of hydrogen-bond acceptors (Lipinski definition) is 3. The molecule has 0 aliphatic rings. The van der Waals surface area contributed by atoms with E-state index in [1.807, 2.05) is 0 Å². The first kappa shape index (κ1) is 19.1. The van der Waals surface area contributed by atoms with Crippen molar-refractivity contribution in [1.29, 1.82) is 0 Å². The van der Waals surface area contributed by atoms with Crippen LogP contribution < -0.4 is 4.74 Å². The Hall–Kier alpha value is -2.26. The first-order chi connectivity index (χ1) is 11.6. The molecule has 1 unspecified atom stereocenters. The first-order valence-electron chi connectivity index (χ1n) is 6.86. The Bertz CT molecular complexity index is 751. The summed E-state index contributed by atoms with van der Waals surface area (Å²) in [7, 11) is 0. The minimum atomic E-state index is -4.84. The molecule has 0 fully saturated rings. The van der Waals surface area contributed by atoms with Gasteiger partial charge in [0, 0.05) is 11.6 Å². The van der Waals surface area contributed by atoms with Gasteiger partial charge in [0.25, 0.3) is 0 Å². The molecule has 0 heterocycles. The van der Waals surface area contributed by atoms with Crippen LogP contribution in [0.5, 0.6) is 5.75 Å². The molecular formula is C16H12F6O3. The third-order valence-electron chi connectivity index (χ3n) is 3.27. The third kappa shape index (κ3) is 4.43. The van der Waals surface area contributed by atoms with Crippen molar-refractivity contribution in [3.05, 3.63) is 64.7 Å². The van der Waals surface area contributed by atoms with E-state index >= 15 is 0 Å². The maximum atomic E-state index is 13.6. The van der Waals surface area contributed by atoms with E-state index in [1.165, 1.54) is 0 Å². The van der Waals surface area contributed by atoms with E-state index < -0.39 is 42.6 Å². The van der Waals surface area contributed by atoms with Gasteiger partial charge in [0.2, 0.25) is 0 Å². The van der Waals surface area contributed by atoms with Gasteiger partial charge >= 0.3 is 12.5 Å². The van der Waals surface area contributed by atoms with Crippen molar-refractivity contribution in [3.8, 4) is 5.75 Å². The number of benzene rings is 2. The van der Waals surface area contributed by atoms with Crippen LogP contribution in [-0.4, -0.2) is 22.7 Å². The summed E-state index contributed by atoms with van der Waals surface area (Å²) in [5.74, 6) is -2.76. The fraction of sp³-hybridized carbons (Fsp3) is 0.250. The maximum Gasteiger partial charge on any atom is 0.461 e. The van der Waals surface area contributed by atoms with Crippen LogP contribution in [-0.2, 0) is 6.61 Å². The molecule has 0 saturated carbocycles. The van der Waals surface area contributed by atoms with Gasteiger partial charge in [-0.25, -0.2) is 8.78 Å². The van der Waals surface area contributed by atoms with Crippen LogP contribution in [0.1, 0.15) is 22.8 Å². The molecule has 0 aliphatic carbocycles. The molecule has 136 valence electrons. The van der Waals surface area contributed by atoms with E-state index in [9.17, 15) is 31.4 Å². The van der Waals surface area contributed by atoms with E-state index in [0.717, 1.165) is 30.3 Å². The zero-order valence-corrected chi connectivity index (χ0v) is 12.4. The largest absolute Gasteiger partial charge is 0.461 e. The second kappa shape index (κ2) is 7.32. The fourth-order valence-electron chi connectivity index (χ4n) is 2.08. The number of rotatable bonds is 6. The molecule has 0 bridgehead atoms. The lowest BCUT2D eigenvalue weighted by Gasteiger charge is -2.19. The van der Waals surface area contributed by atoms with Crippen LogP contribution in [0.15, 0.2) is 36.4 Å². The highest BCUT2D eigenvalue weighted by Crippen LogP contribution is 2.32. The van der Waals surface area contributed by atoms with Gasteiger partial charge in [0.1, 0.15) is 23.5 Å². The number of aliphatic hydroxyl groups is 2. The van der Waals surface area contributed by atoms with Gasteiger partial charge in [-0.15, -0.1) is 0 Å². The summed E-state index contributed by atoms with van der Waals surface area (Å²) < 4.78 is 80.9. The first-order valence-corrected chi connectivity index (χ1v) is 6.86. The van der Waals surface area contributed by atoms with Crippen LogP contribution in [0, 0.1) is 11.6 Å². The van der Waals surface area contributed by atoms with E-state index in [-0.39, 0.29) is 16.7 Å². The molecular weight excluding hydrogens is 354 g/mol. The van der Waals surface area contributed by atoms with Gasteiger partial charge in [0.15, 0.2) is 0 Å². The summed E-state index contributed by atoms with van der Waals surface area (Å²) in [5, 5.41) is 19.2. The molecule has 0 radical (unpaired) electrons. The smallest absolute Gasteiger partial charge is 0.428 e. The van der Waals surface area contributed by atoms with Crippen molar-refractivity contribution < 1.29 is 41.3 Å². The molecule has 1 atom stereocenters. The van der Waals surface area contributed by atoms with Crippen molar-refractivity contribution in [1.82, 2.24) is 0 Å². The highest BCUT2D eigenvalue weighted by atomic mass is 19.3. The Morgan fingerprint density at radius 2 is 1.68 bits per heavy atom. The van der Waals surface area contributed by atoms with Gasteiger partial charge in [-0.1, -0.05) is 6.07 Å². The summed E-state index contributed by atoms with van der Waals surface area (Å²) in [4.78, 5) is 0. The lowest BCUT2D eigenvalue weighted by Crippen LogP contribution is -2.33. The van der Waals surface area contributed by atoms with Crippen molar-refractivity contribution in [2.75, 3.05) is 0 Å². The number of alkyl halides is 4. The molecule has 0 amide bonds. The fourth-order valence-corrected chi connectivity index (χ4v) is 2.08. The Morgan fingerprint density at radius 1 is 1.00 bits per heavy atom. The molecule has 0 saturated heterocycles. The van der Waals surface area contributed by atoms with Gasteiger partial charge in [-0.2, -0.15) is 17.6 Å². The van der Waals surface area contributed by atoms with Gasteiger partial charge in [-0.3, -0.25) is 0 Å². The summed E-state index contributed by atoms with van der Waals surface area (Å²) >= 11 is 0. The van der Waals surface area contributed by atoms with Crippen LogP contribution in [0.25, 0.3) is 0 Å². The summed E-state index contributed by atoms with van der Waals surface area (Å²) in [6.45, 7) is -0.662. The number of hydrogen-bond donors (Lipinski definition) is 2. The Labute approximate surface area is 138 Å². The normalized spacial score (nSPS) is 13.2. The highest BCUT2D eigenvalue weighted by molar-refractivity contribution is 5.37. The molecule has 0 aromatic heterocycles. The molecule has 3 nitrogen and oxygen atoms in total. The molecule has 25 heavy (non-hydrogen) atoms. The van der Waals surface area contributed by atoms with Crippen molar-refractivity contribution in [2.24, 2.45) is 0 Å². The van der Waals surface area contributed by atoms with Crippen LogP contribution in [0.3, 0.4) is 0 Å². The highest BCUT2D eigenvalue weighted by Gasteiger charge is 2.44. The predicted molar refractivity (Wildman–Crippen MR) is 74.4 cm³/mol. The number of ether oxygens (including phenoxy) is 1. The molecule has 2 aromatic carbocycles. The monoisotopic (exact) mass is 366 g/mol. The van der Waals surface area contributed by atoms with E-state index in [0.29, 0.717) is 6.07 Å². The minimum absolute atomic E-state index is 0.0302. The summed E-state index contributed by atoms with van der Waals surface area (Å²) in [6.07, 6.45) is -10.6. The van der Waals surface area contributed by atoms with E-state index in [4.69, 9.17) is 5.11 Å². The average Bonchev–Trinajstić information content (AvgIpc) is 2.53. The summed E-state index contributed by atoms with van der Waals surface area (Å²) in [5.41, 5.74) is -0.396. The van der Waals surface area contributed by atoms with Crippen LogP contribution >= 0.6 is 0 Å². The Morgan fingerprint density at radius 3 is 2.28 bits per heavy atom. The zero-order chi connectivity index (χ0) is 18.8. The van der Waals surface area contributed by atoms with Gasteiger partial charge in [-0.05, 0) is 35.4 Å². The minimum Gasteiger partial charge on any atom is -0.428 e. The van der Waals surface area contributed by atoms with E-state index in [2.05, 4.69) is 4.74 Å².